The van der Waals surface area contributed by atoms with Crippen LogP contribution in [0.2, 0.25) is 0 Å². The van der Waals surface area contributed by atoms with E-state index in [2.05, 4.69) is 49.5 Å². The number of hydrogen-bond acceptors (Lipinski definition) is 8. The summed E-state index contributed by atoms with van der Waals surface area (Å²) in [5, 5.41) is 0. The van der Waals surface area contributed by atoms with E-state index in [9.17, 15) is 4.79 Å². The molecular weight excluding hydrogens is 656 g/mol. The number of hydrogen-bond donors (Lipinski definition) is 0. The molecule has 1 aromatic carbocycles. The largest absolute Gasteiger partial charge is 0.493 e. The molecule has 0 aliphatic carbocycles. The number of benzene rings is 1. The lowest BCUT2D eigenvalue weighted by Gasteiger charge is -2.22. The molecule has 2 saturated heterocycles. The van der Waals surface area contributed by atoms with Gasteiger partial charge in [0.25, 0.3) is 0 Å². The summed E-state index contributed by atoms with van der Waals surface area (Å²) in [6, 6.07) is 3.52. The van der Waals surface area contributed by atoms with E-state index < -0.39 is 0 Å². The first-order chi connectivity index (χ1) is 25.7. The highest BCUT2D eigenvalue weighted by molar-refractivity contribution is 5.90. The third-order valence-corrected chi connectivity index (χ3v) is 9.12. The van der Waals surface area contributed by atoms with Gasteiger partial charge in [-0.05, 0) is 141 Å². The van der Waals surface area contributed by atoms with Crippen LogP contribution in [0, 0.1) is 6.92 Å². The number of ether oxygens (including phenoxy) is 7. The predicted molar refractivity (Wildman–Crippen MR) is 209 cm³/mol. The fraction of sp³-hybridized carbons (Fsp3) is 0.659. The second kappa shape index (κ2) is 29.5. The third-order valence-electron chi connectivity index (χ3n) is 9.12. The molecule has 0 N–H and O–H groups in total. The Morgan fingerprint density at radius 2 is 1.27 bits per heavy atom. The molecular formula is C44H68O8. The number of unbranched alkanes of at least 4 members (excludes halogenated alkanes) is 8. The number of rotatable bonds is 28. The molecule has 8 heteroatoms. The lowest BCUT2D eigenvalue weighted by Crippen LogP contribution is -2.22. The summed E-state index contributed by atoms with van der Waals surface area (Å²) in [5.74, 6) is 0.839. The summed E-state index contributed by atoms with van der Waals surface area (Å²) in [6.45, 7) is 7.66. The molecule has 292 valence electrons. The second-order valence-corrected chi connectivity index (χ2v) is 13.6. The van der Waals surface area contributed by atoms with Crippen LogP contribution in [0.15, 0.2) is 60.9 Å². The molecule has 2 atom stereocenters. The van der Waals surface area contributed by atoms with Crippen molar-refractivity contribution in [1.82, 2.24) is 0 Å². The molecule has 0 radical (unpaired) electrons. The Morgan fingerprint density at radius 1 is 0.673 bits per heavy atom. The first-order valence-electron chi connectivity index (χ1n) is 20.3. The van der Waals surface area contributed by atoms with Gasteiger partial charge >= 0.3 is 5.97 Å². The molecule has 2 aliphatic rings. The van der Waals surface area contributed by atoms with E-state index >= 15 is 0 Å². The highest BCUT2D eigenvalue weighted by atomic mass is 16.7. The summed E-state index contributed by atoms with van der Waals surface area (Å²) in [4.78, 5) is 13.1. The Hall–Kier alpha value is -2.91. The van der Waals surface area contributed by atoms with Crippen LogP contribution in [0.5, 0.6) is 11.5 Å². The van der Waals surface area contributed by atoms with Gasteiger partial charge in [0.1, 0.15) is 11.5 Å². The monoisotopic (exact) mass is 724 g/mol. The van der Waals surface area contributed by atoms with Gasteiger partial charge in [-0.1, -0.05) is 49.3 Å². The maximum atomic E-state index is 13.1. The molecule has 52 heavy (non-hydrogen) atoms. The maximum Gasteiger partial charge on any atom is 0.338 e. The molecule has 2 aliphatic heterocycles. The van der Waals surface area contributed by atoms with Gasteiger partial charge in [-0.25, -0.2) is 4.79 Å². The highest BCUT2D eigenvalue weighted by Gasteiger charge is 2.17. The Labute approximate surface area is 314 Å². The molecule has 0 amide bonds. The standard InChI is InChI=1S/C44H68O8/c1-3-4-5-6-7-8-9-10-11-12-13-14-15-16-17-20-29-46-40-36-39(44(45)52-35-26-25-34-51-43-28-19-22-32-49-43)37-41(38(40)2)47-30-23-24-33-50-42-27-18-21-31-48-42/h3-4,7-8,10-11,20,29,36-37,42-43H,5-6,9,12-19,21-28,30-35H2,1-2H3/b4-3+,8-7-,11-10-,29-20+. The summed E-state index contributed by atoms with van der Waals surface area (Å²) in [5.41, 5.74) is 1.27. The van der Waals surface area contributed by atoms with Crippen molar-refractivity contribution in [2.45, 2.75) is 148 Å². The van der Waals surface area contributed by atoms with E-state index in [1.54, 1.807) is 18.4 Å². The van der Waals surface area contributed by atoms with Crippen molar-refractivity contribution in [3.05, 3.63) is 72.1 Å². The molecule has 3 rings (SSSR count). The molecule has 1 aromatic rings. The van der Waals surface area contributed by atoms with Gasteiger partial charge in [0, 0.05) is 32.0 Å². The second-order valence-electron chi connectivity index (χ2n) is 13.6. The Balaban J connectivity index is 1.39. The molecule has 2 fully saturated rings. The lowest BCUT2D eigenvalue weighted by molar-refractivity contribution is -0.163. The van der Waals surface area contributed by atoms with Crippen molar-refractivity contribution in [1.29, 1.82) is 0 Å². The van der Waals surface area contributed by atoms with E-state index in [0.717, 1.165) is 122 Å². The highest BCUT2D eigenvalue weighted by Crippen LogP contribution is 2.31. The van der Waals surface area contributed by atoms with Gasteiger partial charge in [-0.3, -0.25) is 0 Å². The van der Waals surface area contributed by atoms with Crippen molar-refractivity contribution in [3.8, 4) is 11.5 Å². The molecule has 0 spiro atoms. The summed E-state index contributed by atoms with van der Waals surface area (Å²) in [6.07, 6.45) is 36.8. The topological polar surface area (TPSA) is 81.7 Å². The van der Waals surface area contributed by atoms with E-state index in [4.69, 9.17) is 33.2 Å². The van der Waals surface area contributed by atoms with Crippen LogP contribution in [-0.4, -0.2) is 58.2 Å². The first kappa shape index (κ1) is 43.5. The Morgan fingerprint density at radius 3 is 1.92 bits per heavy atom. The Kier molecular flexibility index (Phi) is 24.7. The summed E-state index contributed by atoms with van der Waals surface area (Å²) >= 11 is 0. The normalized spacial score (nSPS) is 18.3. The van der Waals surface area contributed by atoms with Crippen LogP contribution in [0.3, 0.4) is 0 Å². The molecule has 0 saturated carbocycles. The van der Waals surface area contributed by atoms with E-state index in [1.165, 1.54) is 19.3 Å². The maximum absolute atomic E-state index is 13.1. The van der Waals surface area contributed by atoms with Crippen molar-refractivity contribution in [2.24, 2.45) is 0 Å². The average molecular weight is 725 g/mol. The zero-order valence-electron chi connectivity index (χ0n) is 32.4. The van der Waals surface area contributed by atoms with Crippen molar-refractivity contribution in [2.75, 3.05) is 39.6 Å². The van der Waals surface area contributed by atoms with E-state index in [0.29, 0.717) is 43.5 Å². The van der Waals surface area contributed by atoms with Gasteiger partial charge in [0.15, 0.2) is 12.6 Å². The average Bonchev–Trinajstić information content (AvgIpc) is 3.17. The Bertz CT molecular complexity index is 1180. The van der Waals surface area contributed by atoms with Crippen LogP contribution in [0.1, 0.15) is 145 Å². The minimum Gasteiger partial charge on any atom is -0.493 e. The van der Waals surface area contributed by atoms with Crippen LogP contribution < -0.4 is 9.47 Å². The smallest absolute Gasteiger partial charge is 0.338 e. The van der Waals surface area contributed by atoms with E-state index in [-0.39, 0.29) is 18.5 Å². The fourth-order valence-electron chi connectivity index (χ4n) is 5.94. The molecule has 0 aromatic heterocycles. The van der Waals surface area contributed by atoms with Crippen LogP contribution >= 0.6 is 0 Å². The summed E-state index contributed by atoms with van der Waals surface area (Å²) < 4.78 is 40.8. The minimum absolute atomic E-state index is 0.0748. The van der Waals surface area contributed by atoms with Crippen molar-refractivity contribution in [3.63, 3.8) is 0 Å². The predicted octanol–water partition coefficient (Wildman–Crippen LogP) is 11.3. The lowest BCUT2D eigenvalue weighted by atomic mass is 10.1. The van der Waals surface area contributed by atoms with Gasteiger partial charge < -0.3 is 33.2 Å². The SMILES string of the molecule is C/C=C/CC/C=C\C/C=C\CCCCCC/C=C/Oc1cc(C(=O)OCCCCOC2CCCCO2)cc(OCCCCOC2CCCCO2)c1C. The fourth-order valence-corrected chi connectivity index (χ4v) is 5.94. The summed E-state index contributed by atoms with van der Waals surface area (Å²) in [7, 11) is 0. The van der Waals surface area contributed by atoms with E-state index in [1.807, 2.05) is 6.92 Å². The number of esters is 1. The zero-order chi connectivity index (χ0) is 36.7. The number of carbonyl (C=O) groups is 1. The first-order valence-corrected chi connectivity index (χ1v) is 20.3. The molecule has 2 heterocycles. The molecule has 0 bridgehead atoms. The minimum atomic E-state index is -0.387. The van der Waals surface area contributed by atoms with Gasteiger partial charge in [-0.15, -0.1) is 0 Å². The quantitative estimate of drug-likeness (QED) is 0.0366. The zero-order valence-corrected chi connectivity index (χ0v) is 32.4. The van der Waals surface area contributed by atoms with Crippen molar-refractivity contribution < 1.29 is 38.0 Å². The van der Waals surface area contributed by atoms with Crippen molar-refractivity contribution >= 4 is 5.97 Å². The van der Waals surface area contributed by atoms with Crippen LogP contribution in [-0.2, 0) is 23.7 Å². The third kappa shape index (κ3) is 20.4. The van der Waals surface area contributed by atoms with Gasteiger partial charge in [0.2, 0.25) is 0 Å². The van der Waals surface area contributed by atoms with Crippen LogP contribution in [0.4, 0.5) is 0 Å². The number of allylic oxidation sites excluding steroid dienone is 7. The van der Waals surface area contributed by atoms with Gasteiger partial charge in [0.05, 0.1) is 25.0 Å². The van der Waals surface area contributed by atoms with Gasteiger partial charge in [-0.2, -0.15) is 0 Å². The molecule has 8 nitrogen and oxygen atoms in total. The van der Waals surface area contributed by atoms with Crippen LogP contribution in [0.25, 0.3) is 0 Å². The molecule has 2 unspecified atom stereocenters. The number of carbonyl (C=O) groups excluding carboxylic acids is 1.